The molecule has 0 unspecified atom stereocenters. The van der Waals surface area contributed by atoms with Gasteiger partial charge in [-0.2, -0.15) is 0 Å². The largest absolute Gasteiger partial charge is 0.453 e. The molecule has 0 bridgehead atoms. The minimum Gasteiger partial charge on any atom is -0.453 e. The average molecular weight is 176 g/mol. The number of methoxy groups -OCH3 is 2. The summed E-state index contributed by atoms with van der Waals surface area (Å²) in [6, 6.07) is 0. The normalized spacial score (nSPS) is 9.58. The molecular formula is C7H16N2O3. The number of nitrogens with two attached hydrogens (primary N) is 1. The van der Waals surface area contributed by atoms with Crippen molar-refractivity contribution in [1.82, 2.24) is 4.90 Å². The van der Waals surface area contributed by atoms with E-state index in [1.807, 2.05) is 0 Å². The van der Waals surface area contributed by atoms with Crippen LogP contribution in [-0.2, 0) is 9.47 Å². The van der Waals surface area contributed by atoms with Crippen LogP contribution in [-0.4, -0.2) is 51.5 Å². The standard InChI is InChI=1S/C7H16N2O3/c1-11-6-5-9(4-3-8)7(10)12-2/h3-6,8H2,1-2H3. The summed E-state index contributed by atoms with van der Waals surface area (Å²) in [5, 5.41) is 0. The first kappa shape index (κ1) is 11.2. The average Bonchev–Trinajstić information content (AvgIpc) is 2.11. The van der Waals surface area contributed by atoms with Crippen molar-refractivity contribution < 1.29 is 14.3 Å². The molecule has 1 amide bonds. The van der Waals surface area contributed by atoms with Crippen LogP contribution in [0.2, 0.25) is 0 Å². The van der Waals surface area contributed by atoms with E-state index < -0.39 is 0 Å². The van der Waals surface area contributed by atoms with Gasteiger partial charge in [-0.05, 0) is 0 Å². The second-order valence-electron chi connectivity index (χ2n) is 2.24. The predicted molar refractivity (Wildman–Crippen MR) is 44.9 cm³/mol. The molecule has 0 saturated carbocycles. The molecular weight excluding hydrogens is 160 g/mol. The van der Waals surface area contributed by atoms with Crippen molar-refractivity contribution in [1.29, 1.82) is 0 Å². The highest BCUT2D eigenvalue weighted by Gasteiger charge is 2.11. The van der Waals surface area contributed by atoms with E-state index in [1.165, 1.54) is 12.0 Å². The van der Waals surface area contributed by atoms with E-state index in [2.05, 4.69) is 4.74 Å². The number of carbonyl (C=O) groups is 1. The van der Waals surface area contributed by atoms with Gasteiger partial charge in [-0.15, -0.1) is 0 Å². The Morgan fingerprint density at radius 1 is 1.42 bits per heavy atom. The Balaban J connectivity index is 3.76. The van der Waals surface area contributed by atoms with Crippen molar-refractivity contribution in [2.45, 2.75) is 0 Å². The Morgan fingerprint density at radius 2 is 2.08 bits per heavy atom. The highest BCUT2D eigenvalue weighted by atomic mass is 16.5. The summed E-state index contributed by atoms with van der Waals surface area (Å²) >= 11 is 0. The Bertz CT molecular complexity index is 130. The molecule has 0 aromatic carbocycles. The lowest BCUT2D eigenvalue weighted by atomic mass is 10.5. The lowest BCUT2D eigenvalue weighted by Crippen LogP contribution is -2.37. The molecule has 12 heavy (non-hydrogen) atoms. The van der Waals surface area contributed by atoms with Crippen molar-refractivity contribution in [3.05, 3.63) is 0 Å². The van der Waals surface area contributed by atoms with Gasteiger partial charge in [0.25, 0.3) is 0 Å². The van der Waals surface area contributed by atoms with E-state index in [4.69, 9.17) is 10.5 Å². The Labute approximate surface area is 72.4 Å². The third kappa shape index (κ3) is 4.15. The van der Waals surface area contributed by atoms with E-state index in [0.29, 0.717) is 26.2 Å². The molecule has 72 valence electrons. The fraction of sp³-hybridized carbons (Fsp3) is 0.857. The minimum absolute atomic E-state index is 0.363. The molecule has 0 spiro atoms. The molecule has 0 aromatic heterocycles. The van der Waals surface area contributed by atoms with Gasteiger partial charge in [0.1, 0.15) is 0 Å². The highest BCUT2D eigenvalue weighted by molar-refractivity contribution is 5.67. The highest BCUT2D eigenvalue weighted by Crippen LogP contribution is 1.91. The molecule has 0 atom stereocenters. The molecule has 0 rings (SSSR count). The van der Waals surface area contributed by atoms with Crippen LogP contribution in [0.1, 0.15) is 0 Å². The molecule has 0 aliphatic rings. The van der Waals surface area contributed by atoms with E-state index >= 15 is 0 Å². The fourth-order valence-corrected chi connectivity index (χ4v) is 0.781. The van der Waals surface area contributed by atoms with E-state index in [0.717, 1.165) is 0 Å². The van der Waals surface area contributed by atoms with Gasteiger partial charge >= 0.3 is 6.09 Å². The second kappa shape index (κ2) is 6.87. The van der Waals surface area contributed by atoms with Gasteiger partial charge in [0.2, 0.25) is 0 Å². The van der Waals surface area contributed by atoms with E-state index in [9.17, 15) is 4.79 Å². The van der Waals surface area contributed by atoms with Crippen LogP contribution < -0.4 is 5.73 Å². The third-order valence-corrected chi connectivity index (χ3v) is 1.40. The summed E-state index contributed by atoms with van der Waals surface area (Å²) in [5.74, 6) is 0. The van der Waals surface area contributed by atoms with E-state index in [1.54, 1.807) is 7.11 Å². The molecule has 0 aromatic rings. The molecule has 2 N–H and O–H groups in total. The first-order chi connectivity index (χ1) is 5.76. The van der Waals surface area contributed by atoms with Gasteiger partial charge in [0, 0.05) is 26.7 Å². The van der Waals surface area contributed by atoms with Gasteiger partial charge in [-0.1, -0.05) is 0 Å². The minimum atomic E-state index is -0.363. The summed E-state index contributed by atoms with van der Waals surface area (Å²) in [4.78, 5) is 12.5. The van der Waals surface area contributed by atoms with Crippen molar-refractivity contribution in [2.24, 2.45) is 5.73 Å². The fourth-order valence-electron chi connectivity index (χ4n) is 0.781. The molecule has 0 fully saturated rings. The zero-order valence-electron chi connectivity index (χ0n) is 7.58. The maximum Gasteiger partial charge on any atom is 0.409 e. The summed E-state index contributed by atoms with van der Waals surface area (Å²) in [7, 11) is 2.93. The van der Waals surface area contributed by atoms with Crippen LogP contribution in [0.5, 0.6) is 0 Å². The number of nitrogens with zero attached hydrogens (tertiary/aromatic N) is 1. The SMILES string of the molecule is COCCN(CCN)C(=O)OC. The maximum atomic E-state index is 11.0. The quantitative estimate of drug-likeness (QED) is 0.622. The number of hydrogen-bond donors (Lipinski definition) is 1. The van der Waals surface area contributed by atoms with Crippen LogP contribution in [0, 0.1) is 0 Å². The van der Waals surface area contributed by atoms with Crippen molar-refractivity contribution in [2.75, 3.05) is 40.5 Å². The number of rotatable bonds is 5. The molecule has 5 heteroatoms. The summed E-state index contributed by atoms with van der Waals surface area (Å²) < 4.78 is 9.36. The van der Waals surface area contributed by atoms with Crippen LogP contribution in [0.25, 0.3) is 0 Å². The maximum absolute atomic E-state index is 11.0. The Hall–Kier alpha value is -0.810. The first-order valence-electron chi connectivity index (χ1n) is 3.78. The monoisotopic (exact) mass is 176 g/mol. The zero-order valence-corrected chi connectivity index (χ0v) is 7.58. The van der Waals surface area contributed by atoms with Gasteiger partial charge in [0.15, 0.2) is 0 Å². The molecule has 0 saturated heterocycles. The van der Waals surface area contributed by atoms with Crippen molar-refractivity contribution >= 4 is 6.09 Å². The van der Waals surface area contributed by atoms with Gasteiger partial charge in [0.05, 0.1) is 13.7 Å². The summed E-state index contributed by atoms with van der Waals surface area (Å²) in [5.41, 5.74) is 5.30. The lowest BCUT2D eigenvalue weighted by Gasteiger charge is -2.19. The molecule has 0 aliphatic carbocycles. The number of carbonyl (C=O) groups excluding carboxylic acids is 1. The molecule has 5 nitrogen and oxygen atoms in total. The smallest absolute Gasteiger partial charge is 0.409 e. The summed E-state index contributed by atoms with van der Waals surface area (Å²) in [6.45, 7) is 1.93. The summed E-state index contributed by atoms with van der Waals surface area (Å²) in [6.07, 6.45) is -0.363. The number of amides is 1. The lowest BCUT2D eigenvalue weighted by molar-refractivity contribution is 0.105. The van der Waals surface area contributed by atoms with Gasteiger partial charge < -0.3 is 20.1 Å². The van der Waals surface area contributed by atoms with Crippen molar-refractivity contribution in [3.8, 4) is 0 Å². The number of hydrogen-bond acceptors (Lipinski definition) is 4. The predicted octanol–water partition coefficient (Wildman–Crippen LogP) is -0.340. The van der Waals surface area contributed by atoms with E-state index in [-0.39, 0.29) is 6.09 Å². The van der Waals surface area contributed by atoms with Crippen LogP contribution in [0.15, 0.2) is 0 Å². The van der Waals surface area contributed by atoms with Crippen LogP contribution >= 0.6 is 0 Å². The van der Waals surface area contributed by atoms with Crippen LogP contribution in [0.4, 0.5) is 4.79 Å². The first-order valence-corrected chi connectivity index (χ1v) is 3.78. The topological polar surface area (TPSA) is 64.8 Å². The number of ether oxygens (including phenoxy) is 2. The second-order valence-corrected chi connectivity index (χ2v) is 2.24. The Kier molecular flexibility index (Phi) is 6.41. The van der Waals surface area contributed by atoms with Gasteiger partial charge in [-0.3, -0.25) is 0 Å². The molecule has 0 aliphatic heterocycles. The van der Waals surface area contributed by atoms with Crippen LogP contribution in [0.3, 0.4) is 0 Å². The molecule has 0 heterocycles. The molecule has 0 radical (unpaired) electrons. The van der Waals surface area contributed by atoms with Crippen molar-refractivity contribution in [3.63, 3.8) is 0 Å². The zero-order chi connectivity index (χ0) is 9.40. The third-order valence-electron chi connectivity index (χ3n) is 1.40. The van der Waals surface area contributed by atoms with Gasteiger partial charge in [-0.25, -0.2) is 4.79 Å². The Morgan fingerprint density at radius 3 is 2.50 bits per heavy atom.